The second kappa shape index (κ2) is 4.80. The van der Waals surface area contributed by atoms with Gasteiger partial charge in [0.2, 0.25) is 0 Å². The number of ether oxygens (including phenoxy) is 1. The van der Waals surface area contributed by atoms with Crippen molar-refractivity contribution in [2.75, 3.05) is 20.7 Å². The molecule has 86 valence electrons. The van der Waals surface area contributed by atoms with E-state index in [4.69, 9.17) is 16.3 Å². The average molecular weight is 240 g/mol. The van der Waals surface area contributed by atoms with Crippen molar-refractivity contribution in [3.63, 3.8) is 0 Å². The fourth-order valence-corrected chi connectivity index (χ4v) is 1.79. The highest BCUT2D eigenvalue weighted by atomic mass is 35.5. The Bertz CT molecular complexity index is 418. The second-order valence-electron chi connectivity index (χ2n) is 3.89. The molecule has 0 amide bonds. The summed E-state index contributed by atoms with van der Waals surface area (Å²) in [6, 6.07) is 0. The Hall–Kier alpha value is -1.13. The summed E-state index contributed by atoms with van der Waals surface area (Å²) in [6.07, 6.45) is 4.25. The Labute approximate surface area is 99.9 Å². The molecular formula is C11H14ClN3O. The third-order valence-corrected chi connectivity index (χ3v) is 2.76. The molecule has 1 aliphatic rings. The highest BCUT2D eigenvalue weighted by Crippen LogP contribution is 2.31. The summed E-state index contributed by atoms with van der Waals surface area (Å²) in [4.78, 5) is 10.5. The predicted octanol–water partition coefficient (Wildman–Crippen LogP) is 2.03. The van der Waals surface area contributed by atoms with Gasteiger partial charge in [-0.3, -0.25) is 4.98 Å². The zero-order chi connectivity index (χ0) is 11.5. The lowest BCUT2D eigenvalue weighted by atomic mass is 10.1. The largest absolute Gasteiger partial charge is 0.376 e. The van der Waals surface area contributed by atoms with E-state index in [1.54, 1.807) is 12.5 Å². The molecule has 0 aromatic carbocycles. The molecule has 1 aromatic heterocycles. The van der Waals surface area contributed by atoms with E-state index < -0.39 is 0 Å². The summed E-state index contributed by atoms with van der Waals surface area (Å²) in [5.41, 5.74) is 2.70. The summed E-state index contributed by atoms with van der Waals surface area (Å²) in [6.45, 7) is 1.25. The number of nitrogens with zero attached hydrogens (tertiary/aromatic N) is 3. The van der Waals surface area contributed by atoms with Gasteiger partial charge in [-0.2, -0.15) is 0 Å². The maximum absolute atomic E-state index is 6.26. The van der Waals surface area contributed by atoms with Crippen molar-refractivity contribution in [3.05, 3.63) is 22.5 Å². The molecule has 0 radical (unpaired) electrons. The quantitative estimate of drug-likeness (QED) is 0.586. The normalized spacial score (nSPS) is 15.2. The van der Waals surface area contributed by atoms with Gasteiger partial charge in [-0.15, -0.1) is 0 Å². The van der Waals surface area contributed by atoms with Gasteiger partial charge in [0.25, 0.3) is 0 Å². The standard InChI is InChI=1S/C11H14ClN3O/c1-15(2)7-14-10-5-13-9-3-4-16-6-8(9)11(10)12/h5,7H,3-4,6H2,1-2H3. The van der Waals surface area contributed by atoms with Crippen LogP contribution in [0.25, 0.3) is 0 Å². The van der Waals surface area contributed by atoms with Crippen LogP contribution in [0.3, 0.4) is 0 Å². The lowest BCUT2D eigenvalue weighted by molar-refractivity contribution is 0.109. The third-order valence-electron chi connectivity index (χ3n) is 2.34. The highest BCUT2D eigenvalue weighted by Gasteiger charge is 2.16. The maximum Gasteiger partial charge on any atom is 0.102 e. The minimum Gasteiger partial charge on any atom is -0.376 e. The summed E-state index contributed by atoms with van der Waals surface area (Å²) < 4.78 is 5.37. The minimum atomic E-state index is 0.534. The molecule has 16 heavy (non-hydrogen) atoms. The predicted molar refractivity (Wildman–Crippen MR) is 64.4 cm³/mol. The molecule has 0 spiro atoms. The molecule has 0 aliphatic carbocycles. The molecule has 2 heterocycles. The van der Waals surface area contributed by atoms with E-state index in [-0.39, 0.29) is 0 Å². The van der Waals surface area contributed by atoms with Crippen molar-refractivity contribution in [1.82, 2.24) is 9.88 Å². The van der Waals surface area contributed by atoms with Crippen molar-refractivity contribution in [2.24, 2.45) is 4.99 Å². The van der Waals surface area contributed by atoms with Gasteiger partial charge in [-0.1, -0.05) is 11.6 Å². The molecule has 0 unspecified atom stereocenters. The maximum atomic E-state index is 6.26. The number of fused-ring (bicyclic) bond motifs is 1. The van der Waals surface area contributed by atoms with Gasteiger partial charge in [-0.05, 0) is 0 Å². The molecule has 2 rings (SSSR count). The van der Waals surface area contributed by atoms with Crippen molar-refractivity contribution in [1.29, 1.82) is 0 Å². The molecular weight excluding hydrogens is 226 g/mol. The van der Waals surface area contributed by atoms with Gasteiger partial charge < -0.3 is 9.64 Å². The number of aromatic nitrogens is 1. The summed E-state index contributed by atoms with van der Waals surface area (Å²) in [5.74, 6) is 0. The van der Waals surface area contributed by atoms with Crippen LogP contribution in [0.1, 0.15) is 11.3 Å². The molecule has 0 atom stereocenters. The van der Waals surface area contributed by atoms with E-state index >= 15 is 0 Å². The van der Waals surface area contributed by atoms with E-state index in [1.165, 1.54) is 0 Å². The Morgan fingerprint density at radius 3 is 3.12 bits per heavy atom. The SMILES string of the molecule is CN(C)C=Nc1cnc2c(c1Cl)COCC2. The lowest BCUT2D eigenvalue weighted by Crippen LogP contribution is -2.12. The fraction of sp³-hybridized carbons (Fsp3) is 0.455. The first-order chi connectivity index (χ1) is 7.68. The number of halogens is 1. The van der Waals surface area contributed by atoms with Crippen LogP contribution in [0.2, 0.25) is 5.02 Å². The minimum absolute atomic E-state index is 0.534. The molecule has 0 fully saturated rings. The van der Waals surface area contributed by atoms with Crippen LogP contribution in [-0.2, 0) is 17.8 Å². The Balaban J connectivity index is 2.34. The molecule has 0 N–H and O–H groups in total. The van der Waals surface area contributed by atoms with Gasteiger partial charge in [0.05, 0.1) is 30.8 Å². The second-order valence-corrected chi connectivity index (χ2v) is 4.27. The molecule has 5 heteroatoms. The van der Waals surface area contributed by atoms with Crippen molar-refractivity contribution < 1.29 is 4.74 Å². The number of pyridine rings is 1. The van der Waals surface area contributed by atoms with E-state index in [9.17, 15) is 0 Å². The summed E-state index contributed by atoms with van der Waals surface area (Å²) in [5, 5.41) is 0.655. The van der Waals surface area contributed by atoms with E-state index in [1.807, 2.05) is 19.0 Å². The molecule has 0 saturated heterocycles. The summed E-state index contributed by atoms with van der Waals surface area (Å²) in [7, 11) is 3.82. The fourth-order valence-electron chi connectivity index (χ4n) is 1.53. The molecule has 4 nitrogen and oxygen atoms in total. The van der Waals surface area contributed by atoms with Crippen LogP contribution in [0.5, 0.6) is 0 Å². The zero-order valence-electron chi connectivity index (χ0n) is 9.40. The molecule has 1 aromatic rings. The van der Waals surface area contributed by atoms with E-state index in [0.717, 1.165) is 24.3 Å². The number of hydrogen-bond donors (Lipinski definition) is 0. The first-order valence-electron chi connectivity index (χ1n) is 5.13. The number of hydrogen-bond acceptors (Lipinski definition) is 3. The summed E-state index contributed by atoms with van der Waals surface area (Å²) >= 11 is 6.26. The average Bonchev–Trinajstić information content (AvgIpc) is 2.28. The Morgan fingerprint density at radius 2 is 2.38 bits per heavy atom. The number of aliphatic imine (C=N–C) groups is 1. The van der Waals surface area contributed by atoms with Gasteiger partial charge in [0, 0.05) is 31.8 Å². The van der Waals surface area contributed by atoms with Crippen LogP contribution in [0.4, 0.5) is 5.69 Å². The van der Waals surface area contributed by atoms with Gasteiger partial charge in [0.1, 0.15) is 5.69 Å². The van der Waals surface area contributed by atoms with Gasteiger partial charge >= 0.3 is 0 Å². The van der Waals surface area contributed by atoms with Crippen molar-refractivity contribution in [3.8, 4) is 0 Å². The van der Waals surface area contributed by atoms with Crippen LogP contribution >= 0.6 is 11.6 Å². The first kappa shape index (κ1) is 11.4. The van der Waals surface area contributed by atoms with Crippen molar-refractivity contribution in [2.45, 2.75) is 13.0 Å². The van der Waals surface area contributed by atoms with Crippen LogP contribution in [0.15, 0.2) is 11.2 Å². The molecule has 0 bridgehead atoms. The first-order valence-corrected chi connectivity index (χ1v) is 5.51. The molecule has 1 aliphatic heterocycles. The van der Waals surface area contributed by atoms with E-state index in [2.05, 4.69) is 9.98 Å². The van der Waals surface area contributed by atoms with E-state index in [0.29, 0.717) is 17.3 Å². The zero-order valence-corrected chi connectivity index (χ0v) is 10.2. The topological polar surface area (TPSA) is 37.7 Å². The van der Waals surface area contributed by atoms with Gasteiger partial charge in [-0.25, -0.2) is 4.99 Å². The Kier molecular flexibility index (Phi) is 3.41. The highest BCUT2D eigenvalue weighted by molar-refractivity contribution is 6.33. The van der Waals surface area contributed by atoms with Crippen molar-refractivity contribution >= 4 is 23.6 Å². The number of rotatable bonds is 2. The Morgan fingerprint density at radius 1 is 1.56 bits per heavy atom. The third kappa shape index (κ3) is 2.33. The van der Waals surface area contributed by atoms with Crippen LogP contribution < -0.4 is 0 Å². The van der Waals surface area contributed by atoms with Crippen LogP contribution in [0, 0.1) is 0 Å². The van der Waals surface area contributed by atoms with Gasteiger partial charge in [0.15, 0.2) is 0 Å². The monoisotopic (exact) mass is 239 g/mol. The lowest BCUT2D eigenvalue weighted by Gasteiger charge is -2.17. The molecule has 0 saturated carbocycles. The van der Waals surface area contributed by atoms with Crippen LogP contribution in [-0.4, -0.2) is 36.9 Å². The smallest absolute Gasteiger partial charge is 0.102 e.